The topological polar surface area (TPSA) is 91.1 Å². The van der Waals surface area contributed by atoms with Gasteiger partial charge in [0.25, 0.3) is 0 Å². The van der Waals surface area contributed by atoms with Crippen LogP contribution in [-0.4, -0.2) is 34.8 Å². The summed E-state index contributed by atoms with van der Waals surface area (Å²) in [7, 11) is 0. The molecule has 0 bridgehead atoms. The molecule has 0 aliphatic heterocycles. The minimum Gasteiger partial charge on any atom is -0.406 e. The van der Waals surface area contributed by atoms with Crippen molar-refractivity contribution < 1.29 is 27.1 Å². The number of ether oxygens (including phenoxy) is 1. The molecular weight excluding hydrogens is 482 g/mol. The zero-order chi connectivity index (χ0) is 23.8. The molecule has 1 N–H and O–H groups in total. The van der Waals surface area contributed by atoms with Crippen LogP contribution in [0.15, 0.2) is 52.9 Å². The van der Waals surface area contributed by atoms with Gasteiger partial charge >= 0.3 is 6.36 Å². The van der Waals surface area contributed by atoms with E-state index >= 15 is 0 Å². The second-order valence-corrected chi connectivity index (χ2v) is 8.49. The average Bonchev–Trinajstić information content (AvgIpc) is 3.21. The van der Waals surface area contributed by atoms with Crippen molar-refractivity contribution in [1.82, 2.24) is 10.2 Å². The maximum atomic E-state index is 13.2. The van der Waals surface area contributed by atoms with Gasteiger partial charge < -0.3 is 15.0 Å². The average molecular weight is 497 g/mol. The Hall–Kier alpha value is -3.37. The predicted molar refractivity (Wildman–Crippen MR) is 116 cm³/mol. The van der Waals surface area contributed by atoms with E-state index in [2.05, 4.69) is 20.3 Å². The Labute approximate surface area is 194 Å². The Kier molecular flexibility index (Phi) is 8.07. The highest BCUT2D eigenvalue weighted by molar-refractivity contribution is 8.01. The number of hydrogen-bond acceptors (Lipinski definition) is 8. The summed E-state index contributed by atoms with van der Waals surface area (Å²) in [6.07, 6.45) is -4.65. The molecular formula is C20H15F4N5O2S2. The van der Waals surface area contributed by atoms with Crippen molar-refractivity contribution >= 4 is 45.5 Å². The Bertz CT molecular complexity index is 1120. The van der Waals surface area contributed by atoms with Crippen LogP contribution in [0.25, 0.3) is 0 Å². The van der Waals surface area contributed by atoms with Crippen LogP contribution in [0.2, 0.25) is 0 Å². The van der Waals surface area contributed by atoms with Gasteiger partial charge in [-0.15, -0.1) is 23.4 Å². The number of benzene rings is 2. The van der Waals surface area contributed by atoms with Crippen LogP contribution in [0.1, 0.15) is 6.42 Å². The first-order chi connectivity index (χ1) is 15.7. The Morgan fingerprint density at radius 1 is 1.15 bits per heavy atom. The van der Waals surface area contributed by atoms with Crippen molar-refractivity contribution in [2.75, 3.05) is 22.5 Å². The number of thioether (sulfide) groups is 1. The van der Waals surface area contributed by atoms with Gasteiger partial charge in [-0.25, -0.2) is 4.39 Å². The number of nitriles is 1. The normalized spacial score (nSPS) is 11.0. The lowest BCUT2D eigenvalue weighted by molar-refractivity contribution is -0.274. The third-order valence-corrected chi connectivity index (χ3v) is 5.91. The van der Waals surface area contributed by atoms with Crippen LogP contribution >= 0.6 is 23.1 Å². The number of carbonyl (C=O) groups excluding carboxylic acids is 1. The molecule has 172 valence electrons. The number of nitrogens with one attached hydrogen (secondary N) is 1. The standard InChI is InChI=1S/C20H15F4N5O2S2/c21-13-2-6-15(7-3-13)29(11-1-10-25)17(30)12-32-19-28-27-18(33-19)26-14-4-8-16(9-5-14)31-20(22,23)24/h2-9H,1,11-12H2,(H,26,27). The molecule has 0 unspecified atom stereocenters. The highest BCUT2D eigenvalue weighted by Crippen LogP contribution is 2.30. The molecule has 0 fully saturated rings. The van der Waals surface area contributed by atoms with E-state index in [1.165, 1.54) is 41.3 Å². The van der Waals surface area contributed by atoms with Crippen LogP contribution in [-0.2, 0) is 4.79 Å². The van der Waals surface area contributed by atoms with E-state index in [1.807, 2.05) is 6.07 Å². The van der Waals surface area contributed by atoms with Gasteiger partial charge in [0.2, 0.25) is 11.0 Å². The van der Waals surface area contributed by atoms with Crippen LogP contribution in [0.3, 0.4) is 0 Å². The lowest BCUT2D eigenvalue weighted by Gasteiger charge is -2.21. The molecule has 3 aromatic rings. The van der Waals surface area contributed by atoms with E-state index in [1.54, 1.807) is 0 Å². The van der Waals surface area contributed by atoms with E-state index in [0.717, 1.165) is 35.2 Å². The van der Waals surface area contributed by atoms with E-state index in [0.29, 0.717) is 20.8 Å². The maximum Gasteiger partial charge on any atom is 0.573 e. The van der Waals surface area contributed by atoms with Crippen LogP contribution in [0, 0.1) is 17.1 Å². The monoisotopic (exact) mass is 497 g/mol. The van der Waals surface area contributed by atoms with E-state index in [4.69, 9.17) is 5.26 Å². The quantitative estimate of drug-likeness (QED) is 0.314. The maximum absolute atomic E-state index is 13.2. The van der Waals surface area contributed by atoms with Gasteiger partial charge in [0, 0.05) is 17.9 Å². The number of nitrogens with zero attached hydrogens (tertiary/aromatic N) is 4. The molecule has 0 atom stereocenters. The number of anilines is 3. The summed E-state index contributed by atoms with van der Waals surface area (Å²) in [6.45, 7) is 0.165. The fraction of sp³-hybridized carbons (Fsp3) is 0.200. The molecule has 1 aromatic heterocycles. The fourth-order valence-corrected chi connectivity index (χ4v) is 4.21. The first-order valence-electron chi connectivity index (χ1n) is 9.25. The number of halogens is 4. The number of amides is 1. The zero-order valence-electron chi connectivity index (χ0n) is 16.7. The van der Waals surface area contributed by atoms with Gasteiger partial charge in [0.05, 0.1) is 18.2 Å². The largest absolute Gasteiger partial charge is 0.573 e. The summed E-state index contributed by atoms with van der Waals surface area (Å²) < 4.78 is 54.2. The van der Waals surface area contributed by atoms with Crippen molar-refractivity contribution in [2.45, 2.75) is 17.1 Å². The Morgan fingerprint density at radius 2 is 1.85 bits per heavy atom. The first kappa shape index (κ1) is 24.3. The number of carbonyl (C=O) groups is 1. The number of aromatic nitrogens is 2. The fourth-order valence-electron chi connectivity index (χ4n) is 2.56. The zero-order valence-corrected chi connectivity index (χ0v) is 18.3. The smallest absolute Gasteiger partial charge is 0.406 e. The van der Waals surface area contributed by atoms with Crippen LogP contribution in [0.4, 0.5) is 34.1 Å². The van der Waals surface area contributed by atoms with Gasteiger partial charge in [-0.2, -0.15) is 5.26 Å². The SMILES string of the molecule is N#CCCN(C(=O)CSc1nnc(Nc2ccc(OC(F)(F)F)cc2)s1)c1ccc(F)cc1. The van der Waals surface area contributed by atoms with Gasteiger partial charge in [0.1, 0.15) is 11.6 Å². The molecule has 0 radical (unpaired) electrons. The number of alkyl halides is 3. The second-order valence-electron chi connectivity index (χ2n) is 6.29. The lowest BCUT2D eigenvalue weighted by Crippen LogP contribution is -2.33. The summed E-state index contributed by atoms with van der Waals surface area (Å²) in [5, 5.41) is 20.1. The minimum absolute atomic E-state index is 0.0148. The highest BCUT2D eigenvalue weighted by atomic mass is 32.2. The first-order valence-corrected chi connectivity index (χ1v) is 11.1. The van der Waals surface area contributed by atoms with Gasteiger partial charge in [-0.05, 0) is 48.5 Å². The third kappa shape index (κ3) is 7.62. The molecule has 2 aromatic carbocycles. The van der Waals surface area contributed by atoms with Gasteiger partial charge in [-0.1, -0.05) is 23.1 Å². The van der Waals surface area contributed by atoms with Crippen molar-refractivity contribution in [3.05, 3.63) is 54.3 Å². The van der Waals surface area contributed by atoms with Crippen LogP contribution < -0.4 is 15.0 Å². The molecule has 0 saturated carbocycles. The molecule has 0 aliphatic rings. The molecule has 33 heavy (non-hydrogen) atoms. The molecule has 0 saturated heterocycles. The highest BCUT2D eigenvalue weighted by Gasteiger charge is 2.31. The molecule has 1 amide bonds. The summed E-state index contributed by atoms with van der Waals surface area (Å²) in [6, 6.07) is 12.5. The molecule has 0 aliphatic carbocycles. The second kappa shape index (κ2) is 11.0. The summed E-state index contributed by atoms with van der Waals surface area (Å²) in [4.78, 5) is 14.1. The van der Waals surface area contributed by atoms with E-state index in [9.17, 15) is 22.4 Å². The number of hydrogen-bond donors (Lipinski definition) is 1. The molecule has 3 rings (SSSR count). The molecule has 13 heteroatoms. The van der Waals surface area contributed by atoms with Gasteiger partial charge in [-0.3, -0.25) is 4.79 Å². The Morgan fingerprint density at radius 3 is 2.48 bits per heavy atom. The minimum atomic E-state index is -4.77. The lowest BCUT2D eigenvalue weighted by atomic mass is 10.2. The molecule has 0 spiro atoms. The van der Waals surface area contributed by atoms with Crippen molar-refractivity contribution in [1.29, 1.82) is 5.26 Å². The van der Waals surface area contributed by atoms with Crippen LogP contribution in [0.5, 0.6) is 5.75 Å². The Balaban J connectivity index is 1.57. The van der Waals surface area contributed by atoms with Crippen molar-refractivity contribution in [2.24, 2.45) is 0 Å². The predicted octanol–water partition coefficient (Wildman–Crippen LogP) is 5.36. The summed E-state index contributed by atoms with van der Waals surface area (Å²) >= 11 is 2.30. The van der Waals surface area contributed by atoms with E-state index < -0.39 is 12.2 Å². The van der Waals surface area contributed by atoms with E-state index in [-0.39, 0.29) is 30.4 Å². The molecule has 1 heterocycles. The number of rotatable bonds is 9. The van der Waals surface area contributed by atoms with Crippen molar-refractivity contribution in [3.8, 4) is 11.8 Å². The van der Waals surface area contributed by atoms with Gasteiger partial charge in [0.15, 0.2) is 4.34 Å². The molecule has 7 nitrogen and oxygen atoms in total. The summed E-state index contributed by atoms with van der Waals surface area (Å²) in [5.41, 5.74) is 0.960. The summed E-state index contributed by atoms with van der Waals surface area (Å²) in [5.74, 6) is -1.05. The van der Waals surface area contributed by atoms with Crippen molar-refractivity contribution in [3.63, 3.8) is 0 Å². The third-order valence-electron chi connectivity index (χ3n) is 3.95.